The molecule has 0 radical (unpaired) electrons. The maximum atomic E-state index is 11.4. The lowest BCUT2D eigenvalue weighted by Crippen LogP contribution is -2.43. The number of carbonyl (C=O) groups excluding carboxylic acids is 3. The van der Waals surface area contributed by atoms with E-state index in [2.05, 4.69) is 16.0 Å². The van der Waals surface area contributed by atoms with Gasteiger partial charge in [-0.25, -0.2) is 0 Å². The van der Waals surface area contributed by atoms with Crippen molar-refractivity contribution in [3.63, 3.8) is 0 Å². The van der Waals surface area contributed by atoms with E-state index in [9.17, 15) is 14.4 Å². The standard InChI is InChI=1S/C11H21N3O4/c1-3-8(2)11(18)14-7-10(17)13-6-9(16)12-4-5-15/h8,15H,3-7H2,1-2H3,(H,12,16)(H,13,17)(H,14,18). The molecule has 0 bridgehead atoms. The molecule has 3 amide bonds. The minimum Gasteiger partial charge on any atom is -0.395 e. The summed E-state index contributed by atoms with van der Waals surface area (Å²) in [4.78, 5) is 33.7. The van der Waals surface area contributed by atoms with Crippen LogP contribution in [-0.4, -0.2) is 49.1 Å². The van der Waals surface area contributed by atoms with E-state index in [1.807, 2.05) is 6.92 Å². The van der Waals surface area contributed by atoms with Crippen LogP contribution in [0, 0.1) is 5.92 Å². The molecule has 0 rings (SSSR count). The zero-order valence-electron chi connectivity index (χ0n) is 10.8. The normalized spacial score (nSPS) is 11.5. The summed E-state index contributed by atoms with van der Waals surface area (Å²) in [6.45, 7) is 3.35. The molecule has 0 aromatic heterocycles. The lowest BCUT2D eigenvalue weighted by Gasteiger charge is -2.10. The van der Waals surface area contributed by atoms with Crippen molar-refractivity contribution in [3.8, 4) is 0 Å². The van der Waals surface area contributed by atoms with Crippen molar-refractivity contribution >= 4 is 17.7 Å². The van der Waals surface area contributed by atoms with E-state index in [-0.39, 0.29) is 44.0 Å². The number of aliphatic hydroxyl groups excluding tert-OH is 1. The van der Waals surface area contributed by atoms with E-state index in [0.717, 1.165) is 0 Å². The van der Waals surface area contributed by atoms with Crippen LogP contribution in [0.25, 0.3) is 0 Å². The molecule has 0 aromatic rings. The summed E-state index contributed by atoms with van der Waals surface area (Å²) >= 11 is 0. The molecule has 1 unspecified atom stereocenters. The Morgan fingerprint density at radius 3 is 2.17 bits per heavy atom. The highest BCUT2D eigenvalue weighted by Gasteiger charge is 2.11. The van der Waals surface area contributed by atoms with Crippen LogP contribution in [0.15, 0.2) is 0 Å². The van der Waals surface area contributed by atoms with Crippen LogP contribution in [-0.2, 0) is 14.4 Å². The Morgan fingerprint density at radius 1 is 1.06 bits per heavy atom. The molecule has 0 aliphatic heterocycles. The third-order valence-electron chi connectivity index (χ3n) is 2.36. The highest BCUT2D eigenvalue weighted by atomic mass is 16.3. The number of aliphatic hydroxyl groups is 1. The molecule has 0 aromatic carbocycles. The molecule has 0 heterocycles. The lowest BCUT2D eigenvalue weighted by atomic mass is 10.1. The van der Waals surface area contributed by atoms with E-state index in [1.54, 1.807) is 6.92 Å². The Bertz CT molecular complexity index is 294. The van der Waals surface area contributed by atoms with Crippen molar-refractivity contribution < 1.29 is 19.5 Å². The van der Waals surface area contributed by atoms with E-state index >= 15 is 0 Å². The molecule has 7 nitrogen and oxygen atoms in total. The lowest BCUT2D eigenvalue weighted by molar-refractivity contribution is -0.129. The Balaban J connectivity index is 3.72. The first-order chi connectivity index (χ1) is 8.51. The topological polar surface area (TPSA) is 108 Å². The first-order valence-electron chi connectivity index (χ1n) is 5.93. The van der Waals surface area contributed by atoms with Gasteiger partial charge in [-0.15, -0.1) is 0 Å². The van der Waals surface area contributed by atoms with Gasteiger partial charge < -0.3 is 21.1 Å². The van der Waals surface area contributed by atoms with Gasteiger partial charge in [-0.05, 0) is 6.42 Å². The summed E-state index contributed by atoms with van der Waals surface area (Å²) in [5.74, 6) is -1.13. The van der Waals surface area contributed by atoms with Crippen LogP contribution in [0.5, 0.6) is 0 Å². The van der Waals surface area contributed by atoms with Crippen LogP contribution in [0.1, 0.15) is 20.3 Å². The number of hydrogen-bond acceptors (Lipinski definition) is 4. The average Bonchev–Trinajstić information content (AvgIpc) is 2.38. The molecule has 7 heteroatoms. The summed E-state index contributed by atoms with van der Waals surface area (Å²) < 4.78 is 0. The summed E-state index contributed by atoms with van der Waals surface area (Å²) in [5.41, 5.74) is 0. The molecule has 18 heavy (non-hydrogen) atoms. The monoisotopic (exact) mass is 259 g/mol. The fourth-order valence-corrected chi connectivity index (χ4v) is 1.03. The van der Waals surface area contributed by atoms with Crippen LogP contribution in [0.2, 0.25) is 0 Å². The maximum Gasteiger partial charge on any atom is 0.239 e. The van der Waals surface area contributed by atoms with Gasteiger partial charge in [0.25, 0.3) is 0 Å². The SMILES string of the molecule is CCC(C)C(=O)NCC(=O)NCC(=O)NCCO. The first-order valence-corrected chi connectivity index (χ1v) is 5.93. The van der Waals surface area contributed by atoms with Crippen LogP contribution < -0.4 is 16.0 Å². The Hall–Kier alpha value is -1.63. The predicted octanol–water partition coefficient (Wildman–Crippen LogP) is -1.63. The molecule has 0 fully saturated rings. The first kappa shape index (κ1) is 16.4. The van der Waals surface area contributed by atoms with Gasteiger partial charge in [-0.1, -0.05) is 13.8 Å². The zero-order valence-corrected chi connectivity index (χ0v) is 10.8. The molecule has 0 aliphatic rings. The highest BCUT2D eigenvalue weighted by Crippen LogP contribution is 1.98. The third kappa shape index (κ3) is 7.61. The largest absolute Gasteiger partial charge is 0.395 e. The van der Waals surface area contributed by atoms with Crippen molar-refractivity contribution in [3.05, 3.63) is 0 Å². The number of rotatable bonds is 8. The Labute approximate surface area is 106 Å². The second kappa shape index (κ2) is 9.41. The third-order valence-corrected chi connectivity index (χ3v) is 2.36. The van der Waals surface area contributed by atoms with Gasteiger partial charge in [0.15, 0.2) is 0 Å². The maximum absolute atomic E-state index is 11.4. The average molecular weight is 259 g/mol. The van der Waals surface area contributed by atoms with Crippen LogP contribution in [0.4, 0.5) is 0 Å². The molecule has 0 spiro atoms. The van der Waals surface area contributed by atoms with E-state index in [4.69, 9.17) is 5.11 Å². The molecule has 104 valence electrons. The second-order valence-corrected chi connectivity index (χ2v) is 3.88. The van der Waals surface area contributed by atoms with Crippen molar-refractivity contribution in [1.82, 2.24) is 16.0 Å². The Kier molecular flexibility index (Phi) is 8.55. The predicted molar refractivity (Wildman–Crippen MR) is 65.6 cm³/mol. The molecule has 0 saturated carbocycles. The molecular weight excluding hydrogens is 238 g/mol. The molecular formula is C11H21N3O4. The van der Waals surface area contributed by atoms with Crippen molar-refractivity contribution in [1.29, 1.82) is 0 Å². The van der Waals surface area contributed by atoms with E-state index in [0.29, 0.717) is 6.42 Å². The zero-order chi connectivity index (χ0) is 14.0. The van der Waals surface area contributed by atoms with Crippen molar-refractivity contribution in [2.45, 2.75) is 20.3 Å². The van der Waals surface area contributed by atoms with Gasteiger partial charge >= 0.3 is 0 Å². The summed E-state index contributed by atoms with van der Waals surface area (Å²) in [5, 5.41) is 15.7. The fraction of sp³-hybridized carbons (Fsp3) is 0.727. The van der Waals surface area contributed by atoms with E-state index in [1.165, 1.54) is 0 Å². The fourth-order valence-electron chi connectivity index (χ4n) is 1.03. The minimum absolute atomic E-state index is 0.134. The molecule has 1 atom stereocenters. The van der Waals surface area contributed by atoms with Crippen molar-refractivity contribution in [2.75, 3.05) is 26.2 Å². The smallest absolute Gasteiger partial charge is 0.239 e. The number of nitrogens with one attached hydrogen (secondary N) is 3. The van der Waals surface area contributed by atoms with Gasteiger partial charge in [0.05, 0.1) is 19.7 Å². The van der Waals surface area contributed by atoms with Gasteiger partial charge in [0.1, 0.15) is 0 Å². The van der Waals surface area contributed by atoms with Gasteiger partial charge in [0.2, 0.25) is 17.7 Å². The number of amides is 3. The van der Waals surface area contributed by atoms with Crippen LogP contribution >= 0.6 is 0 Å². The number of hydrogen-bond donors (Lipinski definition) is 4. The summed E-state index contributed by atoms with van der Waals surface area (Å²) in [6.07, 6.45) is 0.705. The molecule has 0 saturated heterocycles. The quantitative estimate of drug-likeness (QED) is 0.420. The van der Waals surface area contributed by atoms with Crippen LogP contribution in [0.3, 0.4) is 0 Å². The highest BCUT2D eigenvalue weighted by molar-refractivity contribution is 5.88. The summed E-state index contributed by atoms with van der Waals surface area (Å²) in [6, 6.07) is 0. The van der Waals surface area contributed by atoms with Crippen molar-refractivity contribution in [2.24, 2.45) is 5.92 Å². The second-order valence-electron chi connectivity index (χ2n) is 3.88. The van der Waals surface area contributed by atoms with Gasteiger partial charge in [0, 0.05) is 12.5 Å². The summed E-state index contributed by atoms with van der Waals surface area (Å²) in [7, 11) is 0. The minimum atomic E-state index is -0.425. The Morgan fingerprint density at radius 2 is 1.61 bits per heavy atom. The number of carbonyl (C=O) groups is 3. The molecule has 4 N–H and O–H groups in total. The van der Waals surface area contributed by atoms with Gasteiger partial charge in [-0.2, -0.15) is 0 Å². The van der Waals surface area contributed by atoms with Gasteiger partial charge in [-0.3, -0.25) is 14.4 Å². The molecule has 0 aliphatic carbocycles. The van der Waals surface area contributed by atoms with E-state index < -0.39 is 5.91 Å².